The summed E-state index contributed by atoms with van der Waals surface area (Å²) in [5, 5.41) is 11.9. The van der Waals surface area contributed by atoms with Crippen LogP contribution in [-0.2, 0) is 40.6 Å². The van der Waals surface area contributed by atoms with Crippen LogP contribution in [0.4, 0.5) is 0 Å². The summed E-state index contributed by atoms with van der Waals surface area (Å²) in [5.41, 5.74) is -2.22. The number of methoxy groups -OCH3 is 1. The van der Waals surface area contributed by atoms with Crippen LogP contribution in [0.15, 0.2) is 16.7 Å². The van der Waals surface area contributed by atoms with E-state index in [-0.39, 0.29) is 11.9 Å². The molecule has 0 spiro atoms. The highest BCUT2D eigenvalue weighted by atomic mass is 16.6. The number of rotatable bonds is 3. The monoisotopic (exact) mass is 462 g/mol. The maximum Gasteiger partial charge on any atom is 0.311 e. The Bertz CT molecular complexity index is 963. The van der Waals surface area contributed by atoms with Gasteiger partial charge in [0.1, 0.15) is 18.0 Å². The molecule has 2 saturated carbocycles. The Morgan fingerprint density at radius 3 is 2.30 bits per heavy atom. The Morgan fingerprint density at radius 1 is 1.06 bits per heavy atom. The fraction of sp³-hybridized carbons (Fsp3) is 0.720. The molecule has 3 aliphatic rings. The molecule has 0 aliphatic heterocycles. The average molecular weight is 463 g/mol. The first-order valence-corrected chi connectivity index (χ1v) is 11.6. The molecule has 0 radical (unpaired) electrons. The van der Waals surface area contributed by atoms with Gasteiger partial charge in [-0.1, -0.05) is 13.3 Å². The van der Waals surface area contributed by atoms with E-state index in [1.807, 2.05) is 6.92 Å². The fourth-order valence-electron chi connectivity index (χ4n) is 7.58. The minimum Gasteiger partial charge on any atom is -0.469 e. The van der Waals surface area contributed by atoms with Crippen LogP contribution in [0.5, 0.6) is 0 Å². The molecule has 0 saturated heterocycles. The van der Waals surface area contributed by atoms with Gasteiger partial charge in [0, 0.05) is 37.7 Å². The van der Waals surface area contributed by atoms with Crippen molar-refractivity contribution in [2.24, 2.45) is 28.6 Å². The van der Waals surface area contributed by atoms with E-state index in [1.54, 1.807) is 19.3 Å². The van der Waals surface area contributed by atoms with Crippen LogP contribution in [0.2, 0.25) is 0 Å². The van der Waals surface area contributed by atoms with Gasteiger partial charge in [0.25, 0.3) is 0 Å². The second-order valence-electron chi connectivity index (χ2n) is 10.6. The molecule has 2 fully saturated rings. The van der Waals surface area contributed by atoms with E-state index in [2.05, 4.69) is 6.92 Å². The van der Waals surface area contributed by atoms with Gasteiger partial charge in [-0.15, -0.1) is 0 Å². The number of furan rings is 1. The molecule has 182 valence electrons. The van der Waals surface area contributed by atoms with Crippen LogP contribution in [0.3, 0.4) is 0 Å². The van der Waals surface area contributed by atoms with Crippen LogP contribution in [-0.4, -0.2) is 42.3 Å². The molecule has 8 heteroatoms. The van der Waals surface area contributed by atoms with Gasteiger partial charge < -0.3 is 23.7 Å². The third-order valence-corrected chi connectivity index (χ3v) is 8.70. The number of hydrogen-bond acceptors (Lipinski definition) is 8. The molecule has 3 aliphatic carbocycles. The Morgan fingerprint density at radius 2 is 1.70 bits per heavy atom. The number of carbonyl (C=O) groups is 3. The number of hydrogen-bond donors (Lipinski definition) is 1. The molecule has 33 heavy (non-hydrogen) atoms. The summed E-state index contributed by atoms with van der Waals surface area (Å²) in [6.45, 7) is 8.25. The molecule has 0 aromatic carbocycles. The Hall–Kier alpha value is -2.35. The zero-order chi connectivity index (χ0) is 24.3. The van der Waals surface area contributed by atoms with Crippen LogP contribution in [0.1, 0.15) is 65.2 Å². The quantitative estimate of drug-likeness (QED) is 0.539. The van der Waals surface area contributed by atoms with Crippen molar-refractivity contribution in [3.63, 3.8) is 0 Å². The van der Waals surface area contributed by atoms with E-state index in [0.29, 0.717) is 24.2 Å². The highest BCUT2D eigenvalue weighted by molar-refractivity contribution is 5.77. The van der Waals surface area contributed by atoms with Gasteiger partial charge >= 0.3 is 17.9 Å². The summed E-state index contributed by atoms with van der Waals surface area (Å²) in [4.78, 5) is 37.7. The van der Waals surface area contributed by atoms with Crippen molar-refractivity contribution in [1.82, 2.24) is 0 Å². The molecule has 4 rings (SSSR count). The summed E-state index contributed by atoms with van der Waals surface area (Å²) in [6, 6.07) is 1.74. The number of ether oxygens (including phenoxy) is 3. The minimum atomic E-state index is -1.39. The van der Waals surface area contributed by atoms with Gasteiger partial charge in [-0.25, -0.2) is 0 Å². The fourth-order valence-corrected chi connectivity index (χ4v) is 7.58. The lowest BCUT2D eigenvalue weighted by Gasteiger charge is -2.65. The smallest absolute Gasteiger partial charge is 0.311 e. The highest BCUT2D eigenvalue weighted by Gasteiger charge is 2.70. The number of esters is 3. The van der Waals surface area contributed by atoms with Crippen molar-refractivity contribution in [1.29, 1.82) is 0 Å². The second-order valence-corrected chi connectivity index (χ2v) is 10.6. The van der Waals surface area contributed by atoms with Gasteiger partial charge in [0.2, 0.25) is 0 Å². The maximum absolute atomic E-state index is 13.2. The first kappa shape index (κ1) is 23.8. The maximum atomic E-state index is 13.2. The molecule has 1 N–H and O–H groups in total. The summed E-state index contributed by atoms with van der Waals surface area (Å²) in [6.07, 6.45) is 2.33. The third-order valence-electron chi connectivity index (χ3n) is 8.70. The molecule has 8 nitrogen and oxygen atoms in total. The SMILES string of the molecule is COC(=O)[C@@]1(C)CCC[C@]2(C)[C@@H]3Cc4occc4[C@](C)(O)[C@@H]3[C@@H](OC(C)=O)[C@H](OC(C)=O)[C@H]21. The second kappa shape index (κ2) is 7.86. The first-order valence-electron chi connectivity index (χ1n) is 11.6. The van der Waals surface area contributed by atoms with Crippen molar-refractivity contribution < 1.29 is 38.1 Å². The average Bonchev–Trinajstić information content (AvgIpc) is 3.19. The summed E-state index contributed by atoms with van der Waals surface area (Å²) in [7, 11) is 1.36. The lowest BCUT2D eigenvalue weighted by atomic mass is 9.41. The Kier molecular flexibility index (Phi) is 5.67. The number of aliphatic hydroxyl groups is 1. The lowest BCUT2D eigenvalue weighted by molar-refractivity contribution is -0.264. The van der Waals surface area contributed by atoms with Gasteiger partial charge in [-0.2, -0.15) is 0 Å². The van der Waals surface area contributed by atoms with Crippen LogP contribution in [0, 0.1) is 28.6 Å². The van der Waals surface area contributed by atoms with Crippen LogP contribution >= 0.6 is 0 Å². The van der Waals surface area contributed by atoms with Crippen LogP contribution < -0.4 is 0 Å². The molecular formula is C25H34O8. The third kappa shape index (κ3) is 3.40. The predicted octanol–water partition coefficient (Wildman–Crippen LogP) is 3.14. The molecule has 0 amide bonds. The van der Waals surface area contributed by atoms with Crippen molar-refractivity contribution in [3.05, 3.63) is 23.7 Å². The molecule has 1 heterocycles. The van der Waals surface area contributed by atoms with Crippen LogP contribution in [0.25, 0.3) is 0 Å². The predicted molar refractivity (Wildman–Crippen MR) is 116 cm³/mol. The standard InChI is InChI=1S/C25H34O8/c1-13(26)32-19-18-16(12-17-15(8-11-31-17)25(18,5)29)23(3)9-7-10-24(4,22(28)30-6)21(23)20(19)33-14(2)27/h8,11,16,18-21,29H,7,9-10,12H2,1-6H3/t16-,18+,19-,20+,21-,23-,24+,25+/m1/s1. The molecule has 1 aromatic heterocycles. The summed E-state index contributed by atoms with van der Waals surface area (Å²) >= 11 is 0. The first-order chi connectivity index (χ1) is 15.4. The Balaban J connectivity index is 1.97. The molecule has 0 bridgehead atoms. The van der Waals surface area contributed by atoms with Gasteiger partial charge in [-0.05, 0) is 44.1 Å². The van der Waals surface area contributed by atoms with Crippen molar-refractivity contribution in [2.75, 3.05) is 7.11 Å². The Labute approximate surface area is 193 Å². The molecule has 8 atom stereocenters. The lowest BCUT2D eigenvalue weighted by Crippen LogP contribution is -2.70. The van der Waals surface area contributed by atoms with Crippen molar-refractivity contribution in [3.8, 4) is 0 Å². The molecule has 0 unspecified atom stereocenters. The van der Waals surface area contributed by atoms with E-state index in [1.165, 1.54) is 21.0 Å². The summed E-state index contributed by atoms with van der Waals surface area (Å²) in [5.74, 6) is -1.98. The summed E-state index contributed by atoms with van der Waals surface area (Å²) < 4.78 is 22.7. The van der Waals surface area contributed by atoms with E-state index >= 15 is 0 Å². The molecular weight excluding hydrogens is 428 g/mol. The van der Waals surface area contributed by atoms with E-state index in [0.717, 1.165) is 12.8 Å². The zero-order valence-electron chi connectivity index (χ0n) is 20.2. The number of carbonyl (C=O) groups excluding carboxylic acids is 3. The minimum absolute atomic E-state index is 0.184. The van der Waals surface area contributed by atoms with Crippen molar-refractivity contribution in [2.45, 2.75) is 78.1 Å². The van der Waals surface area contributed by atoms with Gasteiger partial charge in [0.15, 0.2) is 0 Å². The zero-order valence-corrected chi connectivity index (χ0v) is 20.2. The normalized spacial score (nSPS) is 41.7. The van der Waals surface area contributed by atoms with E-state index in [9.17, 15) is 19.5 Å². The largest absolute Gasteiger partial charge is 0.469 e. The van der Waals surface area contributed by atoms with E-state index < -0.39 is 52.4 Å². The topological polar surface area (TPSA) is 112 Å². The highest BCUT2D eigenvalue weighted by Crippen LogP contribution is 2.66. The van der Waals surface area contributed by atoms with Gasteiger partial charge in [-0.3, -0.25) is 14.4 Å². The van der Waals surface area contributed by atoms with Crippen molar-refractivity contribution >= 4 is 17.9 Å². The van der Waals surface area contributed by atoms with E-state index in [4.69, 9.17) is 18.6 Å². The molecule has 1 aromatic rings. The van der Waals surface area contributed by atoms with Gasteiger partial charge in [0.05, 0.1) is 24.4 Å². The number of fused-ring (bicyclic) bond motifs is 4.